The van der Waals surface area contributed by atoms with Crippen LogP contribution in [0.25, 0.3) is 0 Å². The number of amides is 2. The zero-order valence-corrected chi connectivity index (χ0v) is 13.5. The van der Waals surface area contributed by atoms with Crippen molar-refractivity contribution in [2.45, 2.75) is 46.1 Å². The van der Waals surface area contributed by atoms with Gasteiger partial charge in [-0.3, -0.25) is 14.5 Å². The zero-order valence-electron chi connectivity index (χ0n) is 13.5. The fourth-order valence-corrected chi connectivity index (χ4v) is 3.83. The molecule has 2 saturated heterocycles. The van der Waals surface area contributed by atoms with Crippen LogP contribution in [-0.4, -0.2) is 53.8 Å². The number of hydrogen-bond acceptors (Lipinski definition) is 3. The van der Waals surface area contributed by atoms with Gasteiger partial charge in [-0.05, 0) is 51.1 Å². The van der Waals surface area contributed by atoms with Crippen molar-refractivity contribution in [2.75, 3.05) is 26.2 Å². The van der Waals surface area contributed by atoms with Crippen LogP contribution in [0.1, 0.15) is 40.0 Å². The van der Waals surface area contributed by atoms with Crippen molar-refractivity contribution in [2.24, 2.45) is 23.5 Å². The normalized spacial score (nSPS) is 30.1. The Bertz CT molecular complexity index is 381. The van der Waals surface area contributed by atoms with E-state index in [1.54, 1.807) is 0 Å². The fraction of sp³-hybridized carbons (Fsp3) is 0.875. The average molecular weight is 295 g/mol. The summed E-state index contributed by atoms with van der Waals surface area (Å²) in [6.07, 6.45) is 2.77. The van der Waals surface area contributed by atoms with E-state index in [-0.39, 0.29) is 23.8 Å². The molecule has 0 aromatic carbocycles. The van der Waals surface area contributed by atoms with Gasteiger partial charge in [0.25, 0.3) is 0 Å². The Morgan fingerprint density at radius 3 is 2.10 bits per heavy atom. The topological polar surface area (TPSA) is 66.6 Å². The minimum Gasteiger partial charge on any atom is -0.369 e. The van der Waals surface area contributed by atoms with E-state index < -0.39 is 0 Å². The van der Waals surface area contributed by atoms with Crippen LogP contribution in [0.5, 0.6) is 0 Å². The van der Waals surface area contributed by atoms with Gasteiger partial charge in [0.05, 0.1) is 6.04 Å². The van der Waals surface area contributed by atoms with Gasteiger partial charge in [0.15, 0.2) is 0 Å². The molecule has 0 spiro atoms. The first-order chi connectivity index (χ1) is 9.88. The Labute approximate surface area is 127 Å². The number of likely N-dealkylation sites (tertiary alicyclic amines) is 2. The maximum absolute atomic E-state index is 12.7. The first-order valence-corrected chi connectivity index (χ1v) is 8.20. The molecule has 5 heteroatoms. The van der Waals surface area contributed by atoms with E-state index in [1.807, 2.05) is 11.8 Å². The second kappa shape index (κ2) is 6.77. The van der Waals surface area contributed by atoms with E-state index in [0.717, 1.165) is 39.0 Å². The lowest BCUT2D eigenvalue weighted by Crippen LogP contribution is -2.53. The Morgan fingerprint density at radius 2 is 1.62 bits per heavy atom. The quantitative estimate of drug-likeness (QED) is 0.847. The van der Waals surface area contributed by atoms with Gasteiger partial charge in [0.1, 0.15) is 0 Å². The SMILES string of the molecule is C[C@H]1C[C@H](C)CN(C(=O)[C@@H](C)N2CCC(C(N)=O)CC2)C1. The summed E-state index contributed by atoms with van der Waals surface area (Å²) in [5.41, 5.74) is 5.36. The van der Waals surface area contributed by atoms with Crippen LogP contribution in [0.3, 0.4) is 0 Å². The number of hydrogen-bond donors (Lipinski definition) is 1. The van der Waals surface area contributed by atoms with E-state index in [2.05, 4.69) is 18.7 Å². The number of piperidine rings is 2. The van der Waals surface area contributed by atoms with E-state index >= 15 is 0 Å². The largest absolute Gasteiger partial charge is 0.369 e. The molecule has 120 valence electrons. The molecule has 0 radical (unpaired) electrons. The van der Waals surface area contributed by atoms with Crippen molar-refractivity contribution >= 4 is 11.8 Å². The monoisotopic (exact) mass is 295 g/mol. The molecule has 5 nitrogen and oxygen atoms in total. The van der Waals surface area contributed by atoms with Crippen LogP contribution in [-0.2, 0) is 9.59 Å². The highest BCUT2D eigenvalue weighted by Gasteiger charge is 2.33. The van der Waals surface area contributed by atoms with Gasteiger partial charge in [-0.2, -0.15) is 0 Å². The third kappa shape index (κ3) is 3.96. The Hall–Kier alpha value is -1.10. The molecular weight excluding hydrogens is 266 g/mol. The zero-order chi connectivity index (χ0) is 15.6. The summed E-state index contributed by atoms with van der Waals surface area (Å²) in [6, 6.07) is -0.0867. The molecule has 2 rings (SSSR count). The summed E-state index contributed by atoms with van der Waals surface area (Å²) >= 11 is 0. The highest BCUT2D eigenvalue weighted by atomic mass is 16.2. The summed E-state index contributed by atoms with van der Waals surface area (Å²) in [4.78, 5) is 28.1. The third-order valence-electron chi connectivity index (χ3n) is 5.02. The van der Waals surface area contributed by atoms with Crippen molar-refractivity contribution in [1.29, 1.82) is 0 Å². The van der Waals surface area contributed by atoms with E-state index in [1.165, 1.54) is 6.42 Å². The summed E-state index contributed by atoms with van der Waals surface area (Å²) in [5.74, 6) is 1.20. The van der Waals surface area contributed by atoms with Gasteiger partial charge in [0.2, 0.25) is 11.8 Å². The molecule has 0 saturated carbocycles. The highest BCUT2D eigenvalue weighted by molar-refractivity contribution is 5.81. The molecule has 3 atom stereocenters. The molecular formula is C16H29N3O2. The van der Waals surface area contributed by atoms with Gasteiger partial charge >= 0.3 is 0 Å². The molecule has 2 amide bonds. The van der Waals surface area contributed by atoms with E-state index in [4.69, 9.17) is 5.73 Å². The number of rotatable bonds is 3. The van der Waals surface area contributed by atoms with E-state index in [0.29, 0.717) is 11.8 Å². The second-order valence-electron chi connectivity index (χ2n) is 7.08. The molecule has 2 heterocycles. The van der Waals surface area contributed by atoms with Crippen molar-refractivity contribution in [3.05, 3.63) is 0 Å². The molecule has 2 N–H and O–H groups in total. The van der Waals surface area contributed by atoms with Crippen molar-refractivity contribution in [3.8, 4) is 0 Å². The number of carbonyl (C=O) groups is 2. The minimum atomic E-state index is -0.202. The predicted molar refractivity (Wildman–Crippen MR) is 82.5 cm³/mol. The Kier molecular flexibility index (Phi) is 5.25. The lowest BCUT2D eigenvalue weighted by molar-refractivity contribution is -0.139. The van der Waals surface area contributed by atoms with Gasteiger partial charge in [-0.25, -0.2) is 0 Å². The van der Waals surface area contributed by atoms with Crippen LogP contribution in [0, 0.1) is 17.8 Å². The third-order valence-corrected chi connectivity index (χ3v) is 5.02. The summed E-state index contributed by atoms with van der Waals surface area (Å²) in [5, 5.41) is 0. The summed E-state index contributed by atoms with van der Waals surface area (Å²) in [7, 11) is 0. The molecule has 0 aromatic heterocycles. The van der Waals surface area contributed by atoms with Crippen LogP contribution in [0.4, 0.5) is 0 Å². The summed E-state index contributed by atoms with van der Waals surface area (Å²) in [6.45, 7) is 9.78. The molecule has 21 heavy (non-hydrogen) atoms. The van der Waals surface area contributed by atoms with Crippen molar-refractivity contribution < 1.29 is 9.59 Å². The van der Waals surface area contributed by atoms with Gasteiger partial charge in [0, 0.05) is 19.0 Å². The second-order valence-corrected chi connectivity index (χ2v) is 7.08. The maximum Gasteiger partial charge on any atom is 0.239 e. The lowest BCUT2D eigenvalue weighted by atomic mass is 9.91. The predicted octanol–water partition coefficient (Wildman–Crippen LogP) is 1.08. The first kappa shape index (κ1) is 16.3. The van der Waals surface area contributed by atoms with Gasteiger partial charge in [-0.1, -0.05) is 13.8 Å². The number of primary amides is 1. The van der Waals surface area contributed by atoms with E-state index in [9.17, 15) is 9.59 Å². The highest BCUT2D eigenvalue weighted by Crippen LogP contribution is 2.24. The molecule has 2 fully saturated rings. The van der Waals surface area contributed by atoms with Crippen LogP contribution >= 0.6 is 0 Å². The number of nitrogens with zero attached hydrogens (tertiary/aromatic N) is 2. The Balaban J connectivity index is 1.89. The average Bonchev–Trinajstić information content (AvgIpc) is 2.44. The standard InChI is InChI=1S/C16H29N3O2/c1-11-8-12(2)10-19(9-11)16(21)13(3)18-6-4-14(5-7-18)15(17)20/h11-14H,4-10H2,1-3H3,(H2,17,20)/t11-,12-,13+/m0/s1. The van der Waals surface area contributed by atoms with Crippen LogP contribution in [0.2, 0.25) is 0 Å². The van der Waals surface area contributed by atoms with Gasteiger partial charge < -0.3 is 10.6 Å². The molecule has 2 aliphatic heterocycles. The number of nitrogens with two attached hydrogens (primary N) is 1. The molecule has 0 bridgehead atoms. The smallest absolute Gasteiger partial charge is 0.239 e. The maximum atomic E-state index is 12.7. The molecule has 0 aromatic rings. The lowest BCUT2D eigenvalue weighted by Gasteiger charge is -2.40. The van der Waals surface area contributed by atoms with Crippen molar-refractivity contribution in [1.82, 2.24) is 9.80 Å². The molecule has 2 aliphatic rings. The molecule has 0 unspecified atom stereocenters. The Morgan fingerprint density at radius 1 is 1.10 bits per heavy atom. The van der Waals surface area contributed by atoms with Crippen molar-refractivity contribution in [3.63, 3.8) is 0 Å². The fourth-order valence-electron chi connectivity index (χ4n) is 3.83. The van der Waals surface area contributed by atoms with Crippen LogP contribution in [0.15, 0.2) is 0 Å². The summed E-state index contributed by atoms with van der Waals surface area (Å²) < 4.78 is 0. The van der Waals surface area contributed by atoms with Crippen LogP contribution < -0.4 is 5.73 Å². The minimum absolute atomic E-state index is 0.0152. The van der Waals surface area contributed by atoms with Gasteiger partial charge in [-0.15, -0.1) is 0 Å². The molecule has 0 aliphatic carbocycles. The number of carbonyl (C=O) groups excluding carboxylic acids is 2. The first-order valence-electron chi connectivity index (χ1n) is 8.20.